The molecular weight excluding hydrogens is 192 g/mol. The number of rotatable bonds is 4. The molecular formula is C12H14O3. The van der Waals surface area contributed by atoms with E-state index in [1.165, 1.54) is 0 Å². The number of ketones is 1. The molecule has 3 heteroatoms. The summed E-state index contributed by atoms with van der Waals surface area (Å²) in [6, 6.07) is 5.30. The fourth-order valence-electron chi connectivity index (χ4n) is 1.54. The smallest absolute Gasteiger partial charge is 0.307 e. The van der Waals surface area contributed by atoms with E-state index >= 15 is 0 Å². The average Bonchev–Trinajstić information content (AvgIpc) is 2.19. The lowest BCUT2D eigenvalue weighted by Crippen LogP contribution is -2.09. The van der Waals surface area contributed by atoms with Crippen molar-refractivity contribution in [1.82, 2.24) is 0 Å². The van der Waals surface area contributed by atoms with E-state index in [0.29, 0.717) is 17.5 Å². The summed E-state index contributed by atoms with van der Waals surface area (Å²) in [6.45, 7) is 3.60. The average molecular weight is 206 g/mol. The molecule has 0 aliphatic rings. The molecule has 1 N–H and O–H groups in total. The standard InChI is InChI=1S/C12H14O3/c1-3-11(13)9-6-4-5-8(2)10(9)7-12(14)15/h4-6H,3,7H2,1-2H3,(H,14,15). The summed E-state index contributed by atoms with van der Waals surface area (Å²) < 4.78 is 0. The number of Topliss-reactive ketones (excluding diaryl/α,β-unsaturated/α-hetero) is 1. The normalized spacial score (nSPS) is 10.0. The molecule has 80 valence electrons. The first-order valence-corrected chi connectivity index (χ1v) is 4.89. The largest absolute Gasteiger partial charge is 0.481 e. The van der Waals surface area contributed by atoms with Crippen molar-refractivity contribution in [2.75, 3.05) is 0 Å². The highest BCUT2D eigenvalue weighted by atomic mass is 16.4. The fourth-order valence-corrected chi connectivity index (χ4v) is 1.54. The van der Waals surface area contributed by atoms with Crippen LogP contribution in [0.25, 0.3) is 0 Å². The zero-order valence-electron chi connectivity index (χ0n) is 8.91. The van der Waals surface area contributed by atoms with Gasteiger partial charge in [-0.3, -0.25) is 9.59 Å². The predicted molar refractivity (Wildman–Crippen MR) is 57.1 cm³/mol. The second-order valence-electron chi connectivity index (χ2n) is 3.45. The Morgan fingerprint density at radius 1 is 1.33 bits per heavy atom. The Bertz CT molecular complexity index is 394. The second-order valence-corrected chi connectivity index (χ2v) is 3.45. The van der Waals surface area contributed by atoms with Crippen LogP contribution in [-0.4, -0.2) is 16.9 Å². The summed E-state index contributed by atoms with van der Waals surface area (Å²) >= 11 is 0. The number of carbonyl (C=O) groups excluding carboxylic acids is 1. The first kappa shape index (κ1) is 11.4. The number of benzene rings is 1. The molecule has 1 rings (SSSR count). The van der Waals surface area contributed by atoms with Crippen molar-refractivity contribution in [2.24, 2.45) is 0 Å². The van der Waals surface area contributed by atoms with E-state index in [4.69, 9.17) is 5.11 Å². The first-order valence-electron chi connectivity index (χ1n) is 4.89. The number of hydrogen-bond acceptors (Lipinski definition) is 2. The predicted octanol–water partition coefficient (Wildman–Crippen LogP) is 2.21. The molecule has 0 aromatic heterocycles. The zero-order valence-corrected chi connectivity index (χ0v) is 8.91. The third kappa shape index (κ3) is 2.65. The Morgan fingerprint density at radius 2 is 2.00 bits per heavy atom. The lowest BCUT2D eigenvalue weighted by Gasteiger charge is -2.08. The van der Waals surface area contributed by atoms with Crippen LogP contribution in [0.15, 0.2) is 18.2 Å². The molecule has 0 unspecified atom stereocenters. The van der Waals surface area contributed by atoms with Gasteiger partial charge in [0.05, 0.1) is 6.42 Å². The topological polar surface area (TPSA) is 54.4 Å². The Labute approximate surface area is 88.7 Å². The maximum absolute atomic E-state index is 11.6. The summed E-state index contributed by atoms with van der Waals surface area (Å²) in [6.07, 6.45) is 0.309. The Hall–Kier alpha value is -1.64. The molecule has 15 heavy (non-hydrogen) atoms. The molecule has 3 nitrogen and oxygen atoms in total. The monoisotopic (exact) mass is 206 g/mol. The number of carbonyl (C=O) groups is 2. The number of carboxylic acids is 1. The van der Waals surface area contributed by atoms with Gasteiger partial charge in [-0.2, -0.15) is 0 Å². The van der Waals surface area contributed by atoms with E-state index in [0.717, 1.165) is 5.56 Å². The van der Waals surface area contributed by atoms with Crippen LogP contribution < -0.4 is 0 Å². The van der Waals surface area contributed by atoms with Crippen molar-refractivity contribution in [1.29, 1.82) is 0 Å². The maximum Gasteiger partial charge on any atom is 0.307 e. The van der Waals surface area contributed by atoms with Gasteiger partial charge in [0.2, 0.25) is 0 Å². The summed E-state index contributed by atoms with van der Waals surface area (Å²) in [7, 11) is 0. The van der Waals surface area contributed by atoms with Crippen LogP contribution in [-0.2, 0) is 11.2 Å². The molecule has 0 bridgehead atoms. The van der Waals surface area contributed by atoms with Crippen molar-refractivity contribution < 1.29 is 14.7 Å². The molecule has 0 atom stereocenters. The SMILES string of the molecule is CCC(=O)c1cccc(C)c1CC(=O)O. The van der Waals surface area contributed by atoms with Gasteiger partial charge >= 0.3 is 5.97 Å². The van der Waals surface area contributed by atoms with Crippen molar-refractivity contribution in [3.8, 4) is 0 Å². The molecule has 0 amide bonds. The summed E-state index contributed by atoms with van der Waals surface area (Å²) in [5, 5.41) is 8.76. The van der Waals surface area contributed by atoms with E-state index in [2.05, 4.69) is 0 Å². The highest BCUT2D eigenvalue weighted by Crippen LogP contribution is 2.16. The van der Waals surface area contributed by atoms with Crippen molar-refractivity contribution in [2.45, 2.75) is 26.7 Å². The quantitative estimate of drug-likeness (QED) is 0.768. The maximum atomic E-state index is 11.6. The Kier molecular flexibility index (Phi) is 3.61. The van der Waals surface area contributed by atoms with E-state index in [1.54, 1.807) is 19.1 Å². The van der Waals surface area contributed by atoms with Crippen LogP contribution in [0.5, 0.6) is 0 Å². The highest BCUT2D eigenvalue weighted by molar-refractivity contribution is 5.98. The first-order chi connectivity index (χ1) is 7.06. The van der Waals surface area contributed by atoms with Crippen LogP contribution in [0.2, 0.25) is 0 Å². The molecule has 0 spiro atoms. The summed E-state index contributed by atoms with van der Waals surface area (Å²) in [4.78, 5) is 22.2. The zero-order chi connectivity index (χ0) is 11.4. The van der Waals surface area contributed by atoms with Gasteiger partial charge < -0.3 is 5.11 Å². The molecule has 0 saturated heterocycles. The highest BCUT2D eigenvalue weighted by Gasteiger charge is 2.13. The van der Waals surface area contributed by atoms with Gasteiger partial charge in [0.15, 0.2) is 5.78 Å². The second kappa shape index (κ2) is 4.73. The van der Waals surface area contributed by atoms with Crippen LogP contribution in [0, 0.1) is 6.92 Å². The minimum absolute atomic E-state index is 0.00468. The van der Waals surface area contributed by atoms with Crippen LogP contribution in [0.4, 0.5) is 0 Å². The number of aliphatic carboxylic acids is 1. The number of carboxylic acid groups (broad SMARTS) is 1. The Balaban J connectivity index is 3.19. The van der Waals surface area contributed by atoms with Crippen LogP contribution >= 0.6 is 0 Å². The van der Waals surface area contributed by atoms with Gasteiger partial charge in [-0.25, -0.2) is 0 Å². The Morgan fingerprint density at radius 3 is 2.53 bits per heavy atom. The molecule has 0 aliphatic carbocycles. The van der Waals surface area contributed by atoms with Crippen molar-refractivity contribution in [3.05, 3.63) is 34.9 Å². The molecule has 0 fully saturated rings. The summed E-state index contributed by atoms with van der Waals surface area (Å²) in [5.41, 5.74) is 2.04. The van der Waals surface area contributed by atoms with Gasteiger partial charge in [0.1, 0.15) is 0 Å². The lowest BCUT2D eigenvalue weighted by molar-refractivity contribution is -0.136. The third-order valence-corrected chi connectivity index (χ3v) is 2.36. The van der Waals surface area contributed by atoms with Crippen LogP contribution in [0.3, 0.4) is 0 Å². The van der Waals surface area contributed by atoms with E-state index < -0.39 is 5.97 Å². The van der Waals surface area contributed by atoms with E-state index in [-0.39, 0.29) is 12.2 Å². The van der Waals surface area contributed by atoms with Crippen LogP contribution in [0.1, 0.15) is 34.8 Å². The van der Waals surface area contributed by atoms with Gasteiger partial charge in [-0.05, 0) is 18.1 Å². The van der Waals surface area contributed by atoms with E-state index in [9.17, 15) is 9.59 Å². The van der Waals surface area contributed by atoms with E-state index in [1.807, 2.05) is 13.0 Å². The molecule has 1 aromatic carbocycles. The molecule has 0 saturated carbocycles. The molecule has 0 radical (unpaired) electrons. The van der Waals surface area contributed by atoms with Crippen molar-refractivity contribution in [3.63, 3.8) is 0 Å². The van der Waals surface area contributed by atoms with Gasteiger partial charge in [0, 0.05) is 12.0 Å². The van der Waals surface area contributed by atoms with Gasteiger partial charge in [-0.1, -0.05) is 25.1 Å². The minimum Gasteiger partial charge on any atom is -0.481 e. The minimum atomic E-state index is -0.908. The van der Waals surface area contributed by atoms with Crippen molar-refractivity contribution >= 4 is 11.8 Å². The van der Waals surface area contributed by atoms with Gasteiger partial charge in [-0.15, -0.1) is 0 Å². The number of hydrogen-bond donors (Lipinski definition) is 1. The lowest BCUT2D eigenvalue weighted by atomic mass is 9.95. The molecule has 1 aromatic rings. The number of aryl methyl sites for hydroxylation is 1. The third-order valence-electron chi connectivity index (χ3n) is 2.36. The fraction of sp³-hybridized carbons (Fsp3) is 0.333. The summed E-state index contributed by atoms with van der Waals surface area (Å²) in [5.74, 6) is -0.913. The molecule has 0 heterocycles. The van der Waals surface area contributed by atoms with Gasteiger partial charge in [0.25, 0.3) is 0 Å². The molecule has 0 aliphatic heterocycles.